The van der Waals surface area contributed by atoms with Crippen molar-refractivity contribution in [2.75, 3.05) is 0 Å². The van der Waals surface area contributed by atoms with E-state index in [0.29, 0.717) is 17.0 Å². The zero-order valence-corrected chi connectivity index (χ0v) is 14.2. The quantitative estimate of drug-likeness (QED) is 0.929. The second-order valence-electron chi connectivity index (χ2n) is 6.77. The van der Waals surface area contributed by atoms with Gasteiger partial charge >= 0.3 is 0 Å². The lowest BCUT2D eigenvalue weighted by atomic mass is 9.86. The van der Waals surface area contributed by atoms with Crippen molar-refractivity contribution >= 4 is 5.91 Å². The molecule has 0 aliphatic carbocycles. The number of rotatable bonds is 3. The molecule has 1 atom stereocenters. The molecule has 0 aliphatic heterocycles. The van der Waals surface area contributed by atoms with Crippen molar-refractivity contribution < 1.29 is 9.32 Å². The van der Waals surface area contributed by atoms with E-state index in [1.807, 2.05) is 6.92 Å². The second-order valence-corrected chi connectivity index (χ2v) is 6.77. The summed E-state index contributed by atoms with van der Waals surface area (Å²) in [4.78, 5) is 12.3. The first-order valence-corrected chi connectivity index (χ1v) is 7.54. The summed E-state index contributed by atoms with van der Waals surface area (Å²) < 4.78 is 5.05. The second kappa shape index (κ2) is 5.95. The van der Waals surface area contributed by atoms with E-state index in [0.717, 1.165) is 5.56 Å². The van der Waals surface area contributed by atoms with Gasteiger partial charge in [0.1, 0.15) is 11.3 Å². The van der Waals surface area contributed by atoms with Crippen LogP contribution in [0.15, 0.2) is 28.8 Å². The lowest BCUT2D eigenvalue weighted by Crippen LogP contribution is -2.27. The van der Waals surface area contributed by atoms with Crippen molar-refractivity contribution in [1.82, 2.24) is 10.5 Å². The molecule has 0 bridgehead atoms. The minimum Gasteiger partial charge on any atom is -0.361 e. The van der Waals surface area contributed by atoms with Gasteiger partial charge in [0.15, 0.2) is 0 Å². The molecule has 118 valence electrons. The summed E-state index contributed by atoms with van der Waals surface area (Å²) in [5.74, 6) is 0.397. The van der Waals surface area contributed by atoms with Crippen LogP contribution >= 0.6 is 0 Å². The lowest BCUT2D eigenvalue weighted by molar-refractivity contribution is 0.0938. The number of carbonyl (C=O) groups is 1. The zero-order chi connectivity index (χ0) is 16.5. The molecule has 0 radical (unpaired) electrons. The molecule has 1 N–H and O–H groups in total. The van der Waals surface area contributed by atoms with E-state index in [1.165, 1.54) is 5.56 Å². The van der Waals surface area contributed by atoms with Crippen molar-refractivity contribution in [3.8, 4) is 0 Å². The van der Waals surface area contributed by atoms with Crippen LogP contribution in [0, 0.1) is 13.8 Å². The largest absolute Gasteiger partial charge is 0.361 e. The van der Waals surface area contributed by atoms with Crippen LogP contribution in [-0.2, 0) is 5.41 Å². The zero-order valence-electron chi connectivity index (χ0n) is 14.2. The number of hydrogen-bond acceptors (Lipinski definition) is 3. The van der Waals surface area contributed by atoms with Crippen LogP contribution < -0.4 is 5.32 Å². The maximum absolute atomic E-state index is 12.3. The number of benzene rings is 1. The normalized spacial score (nSPS) is 13.0. The van der Waals surface area contributed by atoms with E-state index in [-0.39, 0.29) is 17.4 Å². The molecule has 4 heteroatoms. The highest BCUT2D eigenvalue weighted by Crippen LogP contribution is 2.24. The van der Waals surface area contributed by atoms with Gasteiger partial charge in [-0.15, -0.1) is 0 Å². The van der Waals surface area contributed by atoms with Gasteiger partial charge in [-0.1, -0.05) is 50.2 Å². The topological polar surface area (TPSA) is 55.1 Å². The summed E-state index contributed by atoms with van der Waals surface area (Å²) >= 11 is 0. The SMILES string of the molecule is Cc1noc(C)c1C(=O)N[C@@H](C)c1ccc(C(C)(C)C)cc1. The van der Waals surface area contributed by atoms with Gasteiger partial charge in [-0.2, -0.15) is 0 Å². The van der Waals surface area contributed by atoms with Crippen molar-refractivity contribution in [1.29, 1.82) is 0 Å². The Morgan fingerprint density at radius 2 is 1.77 bits per heavy atom. The van der Waals surface area contributed by atoms with Crippen LogP contribution in [0.25, 0.3) is 0 Å². The first-order valence-electron chi connectivity index (χ1n) is 7.54. The van der Waals surface area contributed by atoms with Crippen LogP contribution in [-0.4, -0.2) is 11.1 Å². The summed E-state index contributed by atoms with van der Waals surface area (Å²) in [5.41, 5.74) is 3.62. The Labute approximate surface area is 131 Å². The Morgan fingerprint density at radius 1 is 1.18 bits per heavy atom. The standard InChI is InChI=1S/C18H24N2O2/c1-11(14-7-9-15(10-8-14)18(4,5)6)19-17(21)16-12(2)20-22-13(16)3/h7-11H,1-6H3,(H,19,21)/t11-/m0/s1. The number of aromatic nitrogens is 1. The first-order chi connectivity index (χ1) is 10.2. The van der Waals surface area contributed by atoms with Crippen molar-refractivity contribution in [2.45, 2.75) is 53.0 Å². The fourth-order valence-electron chi connectivity index (χ4n) is 2.43. The van der Waals surface area contributed by atoms with Gasteiger partial charge < -0.3 is 9.84 Å². The maximum Gasteiger partial charge on any atom is 0.257 e. The van der Waals surface area contributed by atoms with Crippen molar-refractivity contribution in [3.05, 3.63) is 52.4 Å². The van der Waals surface area contributed by atoms with E-state index >= 15 is 0 Å². The van der Waals surface area contributed by atoms with Crippen molar-refractivity contribution in [2.24, 2.45) is 0 Å². The molecule has 0 aliphatic rings. The van der Waals surface area contributed by atoms with Crippen LogP contribution in [0.4, 0.5) is 0 Å². The van der Waals surface area contributed by atoms with E-state index in [2.05, 4.69) is 55.5 Å². The van der Waals surface area contributed by atoms with Gasteiger partial charge in [0.2, 0.25) is 0 Å². The number of nitrogens with one attached hydrogen (secondary N) is 1. The van der Waals surface area contributed by atoms with Gasteiger partial charge in [-0.25, -0.2) is 0 Å². The molecule has 0 fully saturated rings. The van der Waals surface area contributed by atoms with E-state index in [9.17, 15) is 4.79 Å². The molecule has 0 saturated carbocycles. The van der Waals surface area contributed by atoms with Crippen LogP contribution in [0.3, 0.4) is 0 Å². The highest BCUT2D eigenvalue weighted by Gasteiger charge is 2.20. The molecule has 0 unspecified atom stereocenters. The fourth-order valence-corrected chi connectivity index (χ4v) is 2.43. The highest BCUT2D eigenvalue weighted by atomic mass is 16.5. The third-order valence-electron chi connectivity index (χ3n) is 3.88. The molecule has 22 heavy (non-hydrogen) atoms. The third kappa shape index (κ3) is 3.38. The molecule has 1 aromatic heterocycles. The van der Waals surface area contributed by atoms with Crippen LogP contribution in [0.1, 0.15) is 66.7 Å². The number of aryl methyl sites for hydroxylation is 2. The van der Waals surface area contributed by atoms with E-state index in [4.69, 9.17) is 4.52 Å². The van der Waals surface area contributed by atoms with Gasteiger partial charge in [-0.05, 0) is 37.3 Å². The molecular formula is C18H24N2O2. The third-order valence-corrected chi connectivity index (χ3v) is 3.88. The smallest absolute Gasteiger partial charge is 0.257 e. The van der Waals surface area contributed by atoms with Gasteiger partial charge in [0.05, 0.1) is 11.7 Å². The molecule has 2 aromatic rings. The minimum atomic E-state index is -0.149. The number of amides is 1. The first kappa shape index (κ1) is 16.3. The predicted octanol–water partition coefficient (Wildman–Crippen LogP) is 4.08. The summed E-state index contributed by atoms with van der Waals surface area (Å²) in [5, 5.41) is 6.82. The Balaban J connectivity index is 2.12. The maximum atomic E-state index is 12.3. The molecule has 0 spiro atoms. The molecule has 1 heterocycles. The van der Waals surface area contributed by atoms with E-state index < -0.39 is 0 Å². The summed E-state index contributed by atoms with van der Waals surface area (Å²) in [6.07, 6.45) is 0. The van der Waals surface area contributed by atoms with Crippen LogP contribution in [0.5, 0.6) is 0 Å². The molecule has 2 rings (SSSR count). The fraction of sp³-hybridized carbons (Fsp3) is 0.444. The number of hydrogen-bond donors (Lipinski definition) is 1. The Bertz CT molecular complexity index is 644. The average Bonchev–Trinajstić information content (AvgIpc) is 2.77. The molecule has 0 saturated heterocycles. The van der Waals surface area contributed by atoms with Gasteiger partial charge in [0.25, 0.3) is 5.91 Å². The lowest BCUT2D eigenvalue weighted by Gasteiger charge is -2.20. The molecule has 1 aromatic carbocycles. The van der Waals surface area contributed by atoms with Crippen LogP contribution in [0.2, 0.25) is 0 Å². The van der Waals surface area contributed by atoms with E-state index in [1.54, 1.807) is 13.8 Å². The van der Waals surface area contributed by atoms with Gasteiger partial charge in [-0.3, -0.25) is 4.79 Å². The predicted molar refractivity (Wildman–Crippen MR) is 87.0 cm³/mol. The number of nitrogens with zero attached hydrogens (tertiary/aromatic N) is 1. The molecular weight excluding hydrogens is 276 g/mol. The number of carbonyl (C=O) groups excluding carboxylic acids is 1. The molecule has 4 nitrogen and oxygen atoms in total. The Morgan fingerprint density at radius 3 is 2.23 bits per heavy atom. The summed E-state index contributed by atoms with van der Waals surface area (Å²) in [6.45, 7) is 12.0. The highest BCUT2D eigenvalue weighted by molar-refractivity contribution is 5.96. The molecule has 1 amide bonds. The summed E-state index contributed by atoms with van der Waals surface area (Å²) in [6, 6.07) is 8.30. The Kier molecular flexibility index (Phi) is 4.40. The van der Waals surface area contributed by atoms with Gasteiger partial charge in [0, 0.05) is 0 Å². The minimum absolute atomic E-state index is 0.0739. The monoisotopic (exact) mass is 300 g/mol. The van der Waals surface area contributed by atoms with Crippen molar-refractivity contribution in [3.63, 3.8) is 0 Å². The summed E-state index contributed by atoms with van der Waals surface area (Å²) in [7, 11) is 0. The average molecular weight is 300 g/mol. The Hall–Kier alpha value is -2.10.